The number of pyridine rings is 1. The molecule has 2 aromatic rings. The van der Waals surface area contributed by atoms with Crippen molar-refractivity contribution in [3.8, 4) is 0 Å². The summed E-state index contributed by atoms with van der Waals surface area (Å²) in [6.07, 6.45) is 4.32. The molecule has 0 atom stereocenters. The first-order valence-corrected chi connectivity index (χ1v) is 6.89. The molecule has 0 aliphatic heterocycles. The third-order valence-electron chi connectivity index (χ3n) is 3.79. The molecule has 0 unspecified atom stereocenters. The standard InChI is InChI=1S/C16H14FN3O2/c17-13-5-3-12(4-6-13)16(7-8-16)15(22)20-19-14(21)11-2-1-9-18-10-11/h1-6,9-10H,7-8H2,(H,19,21)(H,20,22). The molecule has 2 N–H and O–H groups in total. The van der Waals surface area contributed by atoms with Crippen LogP contribution >= 0.6 is 0 Å². The summed E-state index contributed by atoms with van der Waals surface area (Å²) in [6.45, 7) is 0. The van der Waals surface area contributed by atoms with Gasteiger partial charge in [-0.05, 0) is 42.7 Å². The molecule has 1 aromatic carbocycles. The fourth-order valence-corrected chi connectivity index (χ4v) is 2.34. The van der Waals surface area contributed by atoms with Crippen molar-refractivity contribution in [2.45, 2.75) is 18.3 Å². The van der Waals surface area contributed by atoms with Crippen LogP contribution in [-0.2, 0) is 10.2 Å². The number of carbonyl (C=O) groups excluding carboxylic acids is 2. The van der Waals surface area contributed by atoms with Crippen molar-refractivity contribution in [1.82, 2.24) is 15.8 Å². The first-order chi connectivity index (χ1) is 10.6. The van der Waals surface area contributed by atoms with Crippen molar-refractivity contribution in [2.24, 2.45) is 0 Å². The van der Waals surface area contributed by atoms with Gasteiger partial charge in [-0.2, -0.15) is 0 Å². The maximum absolute atomic E-state index is 13.0. The zero-order valence-electron chi connectivity index (χ0n) is 11.7. The van der Waals surface area contributed by atoms with E-state index in [9.17, 15) is 14.0 Å². The molecule has 22 heavy (non-hydrogen) atoms. The van der Waals surface area contributed by atoms with Gasteiger partial charge in [0.1, 0.15) is 5.82 Å². The van der Waals surface area contributed by atoms with Crippen LogP contribution in [-0.4, -0.2) is 16.8 Å². The number of nitrogens with one attached hydrogen (secondary N) is 2. The van der Waals surface area contributed by atoms with E-state index in [0.29, 0.717) is 18.4 Å². The van der Waals surface area contributed by atoms with E-state index < -0.39 is 11.3 Å². The lowest BCUT2D eigenvalue weighted by molar-refractivity contribution is -0.124. The average molecular weight is 299 g/mol. The van der Waals surface area contributed by atoms with E-state index in [-0.39, 0.29) is 11.7 Å². The molecule has 3 rings (SSSR count). The van der Waals surface area contributed by atoms with Crippen LogP contribution in [0.15, 0.2) is 48.8 Å². The number of aromatic nitrogens is 1. The lowest BCUT2D eigenvalue weighted by Gasteiger charge is -2.16. The summed E-state index contributed by atoms with van der Waals surface area (Å²) in [5.41, 5.74) is 5.25. The van der Waals surface area contributed by atoms with E-state index in [1.807, 2.05) is 0 Å². The van der Waals surface area contributed by atoms with Crippen LogP contribution in [0.4, 0.5) is 4.39 Å². The van der Waals surface area contributed by atoms with E-state index in [2.05, 4.69) is 15.8 Å². The van der Waals surface area contributed by atoms with Crippen LogP contribution in [0.5, 0.6) is 0 Å². The molecule has 1 fully saturated rings. The van der Waals surface area contributed by atoms with Crippen molar-refractivity contribution in [3.63, 3.8) is 0 Å². The Morgan fingerprint density at radius 3 is 2.41 bits per heavy atom. The minimum atomic E-state index is -0.671. The smallest absolute Gasteiger partial charge is 0.271 e. The van der Waals surface area contributed by atoms with Crippen molar-refractivity contribution >= 4 is 11.8 Å². The molecule has 1 aliphatic carbocycles. The van der Waals surface area contributed by atoms with Crippen molar-refractivity contribution in [2.75, 3.05) is 0 Å². The Hall–Kier alpha value is -2.76. The second-order valence-electron chi connectivity index (χ2n) is 5.24. The molecule has 112 valence electrons. The number of hydrogen-bond acceptors (Lipinski definition) is 3. The largest absolute Gasteiger partial charge is 0.272 e. The van der Waals surface area contributed by atoms with Crippen LogP contribution in [0, 0.1) is 5.82 Å². The van der Waals surface area contributed by atoms with Gasteiger partial charge in [-0.3, -0.25) is 25.4 Å². The molecular formula is C16H14FN3O2. The Kier molecular flexibility index (Phi) is 3.58. The first kappa shape index (κ1) is 14.2. The maximum atomic E-state index is 13.0. The van der Waals surface area contributed by atoms with Gasteiger partial charge in [0.2, 0.25) is 5.91 Å². The number of amides is 2. The molecule has 1 aliphatic rings. The van der Waals surface area contributed by atoms with E-state index in [1.54, 1.807) is 30.5 Å². The number of benzene rings is 1. The lowest BCUT2D eigenvalue weighted by Crippen LogP contribution is -2.46. The second kappa shape index (κ2) is 5.55. The van der Waals surface area contributed by atoms with E-state index in [4.69, 9.17) is 0 Å². The topological polar surface area (TPSA) is 71.1 Å². The minimum absolute atomic E-state index is 0.295. The van der Waals surface area contributed by atoms with Gasteiger partial charge in [-0.15, -0.1) is 0 Å². The second-order valence-corrected chi connectivity index (χ2v) is 5.24. The highest BCUT2D eigenvalue weighted by Gasteiger charge is 2.51. The Bertz CT molecular complexity index is 697. The van der Waals surface area contributed by atoms with E-state index in [0.717, 1.165) is 5.56 Å². The summed E-state index contributed by atoms with van der Waals surface area (Å²) in [6, 6.07) is 9.10. The van der Waals surface area contributed by atoms with Crippen LogP contribution in [0.25, 0.3) is 0 Å². The van der Waals surface area contributed by atoms with Crippen LogP contribution in [0.2, 0.25) is 0 Å². The Morgan fingerprint density at radius 2 is 1.82 bits per heavy atom. The SMILES string of the molecule is O=C(NNC(=O)C1(c2ccc(F)cc2)CC1)c1cccnc1. The molecule has 0 spiro atoms. The highest BCUT2D eigenvalue weighted by atomic mass is 19.1. The highest BCUT2D eigenvalue weighted by molar-refractivity contribution is 5.97. The Labute approximate surface area is 126 Å². The predicted octanol–water partition coefficient (Wildman–Crippen LogP) is 1.71. The van der Waals surface area contributed by atoms with E-state index in [1.165, 1.54) is 18.3 Å². The normalized spacial score (nSPS) is 15.0. The fraction of sp³-hybridized carbons (Fsp3) is 0.188. The van der Waals surface area contributed by atoms with Gasteiger partial charge in [0.05, 0.1) is 11.0 Å². The summed E-state index contributed by atoms with van der Waals surface area (Å²) < 4.78 is 13.0. The molecule has 2 amide bonds. The molecule has 1 heterocycles. The Balaban J connectivity index is 1.65. The third-order valence-corrected chi connectivity index (χ3v) is 3.79. The van der Waals surface area contributed by atoms with Gasteiger partial charge >= 0.3 is 0 Å². The van der Waals surface area contributed by atoms with E-state index >= 15 is 0 Å². The quantitative estimate of drug-likeness (QED) is 0.848. The maximum Gasteiger partial charge on any atom is 0.271 e. The third kappa shape index (κ3) is 2.67. The zero-order valence-corrected chi connectivity index (χ0v) is 11.7. The van der Waals surface area contributed by atoms with Gasteiger partial charge in [-0.1, -0.05) is 12.1 Å². The summed E-state index contributed by atoms with van der Waals surface area (Å²) in [4.78, 5) is 28.0. The number of hydrazine groups is 1. The molecule has 6 heteroatoms. The molecule has 1 saturated carbocycles. The van der Waals surface area contributed by atoms with Gasteiger partial charge in [0.25, 0.3) is 5.91 Å². The monoisotopic (exact) mass is 299 g/mol. The van der Waals surface area contributed by atoms with Crippen molar-refractivity contribution in [3.05, 3.63) is 65.7 Å². The lowest BCUT2D eigenvalue weighted by atomic mass is 9.95. The zero-order chi connectivity index (χ0) is 15.6. The van der Waals surface area contributed by atoms with Crippen LogP contribution in [0.1, 0.15) is 28.8 Å². The number of hydrogen-bond donors (Lipinski definition) is 2. The molecule has 0 saturated heterocycles. The average Bonchev–Trinajstić information content (AvgIpc) is 3.35. The number of nitrogens with zero attached hydrogens (tertiary/aromatic N) is 1. The van der Waals surface area contributed by atoms with Crippen LogP contribution < -0.4 is 10.9 Å². The molecule has 5 nitrogen and oxygen atoms in total. The number of carbonyl (C=O) groups is 2. The molecular weight excluding hydrogens is 285 g/mol. The summed E-state index contributed by atoms with van der Waals surface area (Å²) in [5.74, 6) is -1.07. The highest BCUT2D eigenvalue weighted by Crippen LogP contribution is 2.48. The van der Waals surface area contributed by atoms with Gasteiger partial charge in [0, 0.05) is 12.4 Å². The molecule has 1 aromatic heterocycles. The summed E-state index contributed by atoms with van der Waals surface area (Å²) >= 11 is 0. The predicted molar refractivity (Wildman–Crippen MR) is 77.2 cm³/mol. The molecule has 0 bridgehead atoms. The summed E-state index contributed by atoms with van der Waals surface area (Å²) in [7, 11) is 0. The first-order valence-electron chi connectivity index (χ1n) is 6.89. The van der Waals surface area contributed by atoms with Gasteiger partial charge in [0.15, 0.2) is 0 Å². The number of rotatable bonds is 3. The van der Waals surface area contributed by atoms with Gasteiger partial charge in [-0.25, -0.2) is 4.39 Å². The molecule has 0 radical (unpaired) electrons. The Morgan fingerprint density at radius 1 is 1.09 bits per heavy atom. The number of halogens is 1. The van der Waals surface area contributed by atoms with Crippen molar-refractivity contribution < 1.29 is 14.0 Å². The van der Waals surface area contributed by atoms with Crippen molar-refractivity contribution in [1.29, 1.82) is 0 Å². The van der Waals surface area contributed by atoms with Gasteiger partial charge < -0.3 is 0 Å². The minimum Gasteiger partial charge on any atom is -0.272 e. The summed E-state index contributed by atoms with van der Waals surface area (Å²) in [5, 5.41) is 0. The fourth-order valence-electron chi connectivity index (χ4n) is 2.34. The van der Waals surface area contributed by atoms with Crippen LogP contribution in [0.3, 0.4) is 0 Å².